The van der Waals surface area contributed by atoms with Crippen molar-refractivity contribution >= 4 is 5.97 Å². The molecule has 0 saturated carbocycles. The van der Waals surface area contributed by atoms with Crippen molar-refractivity contribution in [3.05, 3.63) is 12.2 Å². The highest BCUT2D eigenvalue weighted by Gasteiger charge is 2.70. The Morgan fingerprint density at radius 3 is 1.90 bits per heavy atom. The molecule has 0 heterocycles. The summed E-state index contributed by atoms with van der Waals surface area (Å²) in [5, 5.41) is 9.07. The first-order valence-corrected chi connectivity index (χ1v) is 5.98. The fraction of sp³-hybridized carbons (Fsp3) is 0.750. The monoisotopic (exact) mass is 322 g/mol. The lowest BCUT2D eigenvalue weighted by Crippen LogP contribution is -2.58. The van der Waals surface area contributed by atoms with Gasteiger partial charge in [-0.15, -0.1) is 0 Å². The van der Waals surface area contributed by atoms with Gasteiger partial charge in [-0.1, -0.05) is 19.9 Å². The molecule has 1 unspecified atom stereocenters. The third kappa shape index (κ3) is 4.90. The predicted molar refractivity (Wildman–Crippen MR) is 61.3 cm³/mol. The maximum absolute atomic E-state index is 12.6. The second-order valence-corrected chi connectivity index (χ2v) is 4.66. The minimum Gasteiger partial charge on any atom is -0.459 e. The van der Waals surface area contributed by atoms with E-state index in [9.17, 15) is 31.1 Å². The van der Waals surface area contributed by atoms with E-state index >= 15 is 0 Å². The fourth-order valence-corrected chi connectivity index (χ4v) is 1.50. The van der Waals surface area contributed by atoms with Crippen molar-refractivity contribution in [2.45, 2.75) is 57.2 Å². The summed E-state index contributed by atoms with van der Waals surface area (Å²) in [5.74, 6) is -1.11. The number of ether oxygens (including phenoxy) is 1. The van der Waals surface area contributed by atoms with Crippen LogP contribution in [0.3, 0.4) is 0 Å². The van der Waals surface area contributed by atoms with E-state index in [1.54, 1.807) is 0 Å². The quantitative estimate of drug-likeness (QED) is 0.462. The molecule has 0 aliphatic heterocycles. The number of carbonyl (C=O) groups is 1. The standard InChI is InChI=1S/C12H16F6O3/c1-4-5-8(21-9(19)7(2)3)6-10(20,11(13,14)15)12(16,17)18/h8,20H,2,4-6H2,1,3H3. The predicted octanol–water partition coefficient (Wildman–Crippen LogP) is 3.52. The van der Waals surface area contributed by atoms with E-state index in [-0.39, 0.29) is 18.4 Å². The van der Waals surface area contributed by atoms with Gasteiger partial charge in [0.1, 0.15) is 6.10 Å². The zero-order chi connectivity index (χ0) is 17.1. The minimum absolute atomic E-state index is 0.167. The van der Waals surface area contributed by atoms with Crippen LogP contribution < -0.4 is 0 Å². The Kier molecular flexibility index (Phi) is 6.28. The van der Waals surface area contributed by atoms with Gasteiger partial charge in [0.15, 0.2) is 0 Å². The second kappa shape index (κ2) is 6.67. The number of alkyl halides is 6. The lowest BCUT2D eigenvalue weighted by Gasteiger charge is -2.34. The summed E-state index contributed by atoms with van der Waals surface area (Å²) in [4.78, 5) is 11.2. The third-order valence-electron chi connectivity index (χ3n) is 2.69. The largest absolute Gasteiger partial charge is 0.459 e. The summed E-state index contributed by atoms with van der Waals surface area (Å²) in [7, 11) is 0. The van der Waals surface area contributed by atoms with Crippen molar-refractivity contribution in [1.82, 2.24) is 0 Å². The molecule has 1 atom stereocenters. The third-order valence-corrected chi connectivity index (χ3v) is 2.69. The fourth-order valence-electron chi connectivity index (χ4n) is 1.50. The Balaban J connectivity index is 5.35. The van der Waals surface area contributed by atoms with Crippen LogP contribution in [0.1, 0.15) is 33.1 Å². The number of rotatable bonds is 6. The van der Waals surface area contributed by atoms with Crippen molar-refractivity contribution in [2.75, 3.05) is 0 Å². The van der Waals surface area contributed by atoms with Gasteiger partial charge in [0.2, 0.25) is 0 Å². The van der Waals surface area contributed by atoms with Gasteiger partial charge in [-0.05, 0) is 13.3 Å². The molecule has 0 fully saturated rings. The van der Waals surface area contributed by atoms with E-state index in [0.717, 1.165) is 0 Å². The maximum Gasteiger partial charge on any atom is 0.426 e. The number of aliphatic hydroxyl groups is 1. The SMILES string of the molecule is C=C(C)C(=O)OC(CCC)CC(O)(C(F)(F)F)C(F)(F)F. The molecule has 0 aliphatic carbocycles. The Morgan fingerprint density at radius 1 is 1.19 bits per heavy atom. The van der Waals surface area contributed by atoms with Gasteiger partial charge < -0.3 is 9.84 Å². The minimum atomic E-state index is -5.94. The van der Waals surface area contributed by atoms with Crippen LogP contribution in [0.5, 0.6) is 0 Å². The van der Waals surface area contributed by atoms with Gasteiger partial charge in [-0.25, -0.2) is 4.79 Å². The first-order chi connectivity index (χ1) is 9.26. The van der Waals surface area contributed by atoms with Gasteiger partial charge in [-0.3, -0.25) is 0 Å². The molecule has 0 aromatic heterocycles. The van der Waals surface area contributed by atoms with E-state index in [1.807, 2.05) is 0 Å². The molecule has 0 aromatic rings. The molecule has 0 aliphatic rings. The number of halogens is 6. The van der Waals surface area contributed by atoms with Gasteiger partial charge in [0, 0.05) is 12.0 Å². The average molecular weight is 322 g/mol. The van der Waals surface area contributed by atoms with E-state index in [0.29, 0.717) is 0 Å². The van der Waals surface area contributed by atoms with Crippen molar-refractivity contribution in [1.29, 1.82) is 0 Å². The van der Waals surface area contributed by atoms with Crippen LogP contribution in [0.25, 0.3) is 0 Å². The zero-order valence-corrected chi connectivity index (χ0v) is 11.4. The molecule has 0 saturated heterocycles. The first kappa shape index (κ1) is 19.8. The molecule has 0 spiro atoms. The summed E-state index contributed by atoms with van der Waals surface area (Å²) < 4.78 is 80.0. The molecule has 0 rings (SSSR count). The smallest absolute Gasteiger partial charge is 0.426 e. The summed E-state index contributed by atoms with van der Waals surface area (Å²) in [6.45, 7) is 5.87. The number of esters is 1. The highest BCUT2D eigenvalue weighted by Crippen LogP contribution is 2.46. The van der Waals surface area contributed by atoms with Crippen LogP contribution in [0.2, 0.25) is 0 Å². The molecule has 124 valence electrons. The molecule has 0 bridgehead atoms. The van der Waals surface area contributed by atoms with Crippen LogP contribution in [0.15, 0.2) is 12.2 Å². The molecule has 9 heteroatoms. The molecule has 3 nitrogen and oxygen atoms in total. The summed E-state index contributed by atoms with van der Waals surface area (Å²) in [6, 6.07) is 0. The normalized spacial score (nSPS) is 14.7. The topological polar surface area (TPSA) is 46.5 Å². The van der Waals surface area contributed by atoms with E-state index in [2.05, 4.69) is 11.3 Å². The van der Waals surface area contributed by atoms with Crippen molar-refractivity contribution in [3.8, 4) is 0 Å². The number of hydrogen-bond donors (Lipinski definition) is 1. The van der Waals surface area contributed by atoms with Crippen LogP contribution in [-0.2, 0) is 9.53 Å². The van der Waals surface area contributed by atoms with Crippen molar-refractivity contribution in [2.24, 2.45) is 0 Å². The summed E-state index contributed by atoms with van der Waals surface area (Å²) in [6.07, 6.45) is -15.5. The number of carbonyl (C=O) groups excluding carboxylic acids is 1. The first-order valence-electron chi connectivity index (χ1n) is 5.98. The Labute approximate surface area is 117 Å². The Hall–Kier alpha value is -1.25. The lowest BCUT2D eigenvalue weighted by molar-refractivity contribution is -0.374. The lowest BCUT2D eigenvalue weighted by atomic mass is 9.92. The van der Waals surface area contributed by atoms with Gasteiger partial charge in [-0.2, -0.15) is 26.3 Å². The molecule has 0 aromatic carbocycles. The maximum atomic E-state index is 12.6. The van der Waals surface area contributed by atoms with Gasteiger partial charge >= 0.3 is 18.3 Å². The highest BCUT2D eigenvalue weighted by molar-refractivity contribution is 5.87. The van der Waals surface area contributed by atoms with Crippen LogP contribution in [0, 0.1) is 0 Å². The van der Waals surface area contributed by atoms with Crippen LogP contribution in [-0.4, -0.2) is 35.1 Å². The van der Waals surface area contributed by atoms with Crippen LogP contribution in [0.4, 0.5) is 26.3 Å². The molecule has 0 amide bonds. The second-order valence-electron chi connectivity index (χ2n) is 4.66. The Bertz CT molecular complexity index is 371. The van der Waals surface area contributed by atoms with E-state index < -0.39 is 36.4 Å². The van der Waals surface area contributed by atoms with Crippen molar-refractivity contribution in [3.63, 3.8) is 0 Å². The Morgan fingerprint density at radius 2 is 1.62 bits per heavy atom. The highest BCUT2D eigenvalue weighted by atomic mass is 19.4. The number of hydrogen-bond acceptors (Lipinski definition) is 3. The van der Waals surface area contributed by atoms with Crippen molar-refractivity contribution < 1.29 is 41.0 Å². The average Bonchev–Trinajstić information content (AvgIpc) is 2.25. The van der Waals surface area contributed by atoms with Gasteiger partial charge in [0.25, 0.3) is 5.60 Å². The van der Waals surface area contributed by atoms with E-state index in [1.165, 1.54) is 13.8 Å². The molecular formula is C12H16F6O3. The molecule has 1 N–H and O–H groups in total. The zero-order valence-electron chi connectivity index (χ0n) is 11.4. The molecular weight excluding hydrogens is 306 g/mol. The summed E-state index contributed by atoms with van der Waals surface area (Å²) in [5.41, 5.74) is -5.10. The van der Waals surface area contributed by atoms with E-state index in [4.69, 9.17) is 5.11 Å². The van der Waals surface area contributed by atoms with Gasteiger partial charge in [0.05, 0.1) is 0 Å². The molecule has 21 heavy (non-hydrogen) atoms. The molecule has 0 radical (unpaired) electrons. The van der Waals surface area contributed by atoms with Crippen LogP contribution >= 0.6 is 0 Å². The summed E-state index contributed by atoms with van der Waals surface area (Å²) >= 11 is 0.